The maximum Gasteiger partial charge on any atom is 0.199 e. The van der Waals surface area contributed by atoms with Gasteiger partial charge in [0.15, 0.2) is 9.84 Å². The number of nitrogens with zero attached hydrogens (tertiary/aromatic N) is 1. The van der Waals surface area contributed by atoms with Crippen LogP contribution < -0.4 is 0 Å². The van der Waals surface area contributed by atoms with Crippen molar-refractivity contribution >= 4 is 9.84 Å². The largest absolute Gasteiger partial charge is 0.219 e. The second-order valence-electron chi connectivity index (χ2n) is 3.28. The van der Waals surface area contributed by atoms with Gasteiger partial charge in [-0.2, -0.15) is 5.26 Å². The van der Waals surface area contributed by atoms with Crippen molar-refractivity contribution in [2.45, 2.75) is 24.2 Å². The molecule has 0 heterocycles. The molecule has 0 radical (unpaired) electrons. The van der Waals surface area contributed by atoms with Crippen LogP contribution in [0.3, 0.4) is 0 Å². The first-order chi connectivity index (χ1) is 7.67. The second kappa shape index (κ2) is 6.09. The molecule has 0 aliphatic rings. The van der Waals surface area contributed by atoms with Crippen LogP contribution in [-0.4, -0.2) is 8.42 Å². The standard InChI is InChI=1S/C12H13NO2S/c13-10-6-1-2-7-11-16(14,15)12-8-4-3-5-9-12/h3-5,7-9,11H,1-2,6H2. The molecule has 0 atom stereocenters. The highest BCUT2D eigenvalue weighted by Gasteiger charge is 2.07. The fourth-order valence-electron chi connectivity index (χ4n) is 1.18. The summed E-state index contributed by atoms with van der Waals surface area (Å²) in [5, 5.41) is 9.52. The molecule has 1 aromatic carbocycles. The van der Waals surface area contributed by atoms with Crippen LogP contribution in [0.25, 0.3) is 0 Å². The molecule has 0 N–H and O–H groups in total. The predicted octanol–water partition coefficient (Wildman–Crippen LogP) is 2.67. The Balaban J connectivity index is 2.64. The van der Waals surface area contributed by atoms with Gasteiger partial charge in [-0.3, -0.25) is 0 Å². The number of nitriles is 1. The van der Waals surface area contributed by atoms with E-state index < -0.39 is 9.84 Å². The summed E-state index contributed by atoms with van der Waals surface area (Å²) in [6, 6.07) is 10.3. The van der Waals surface area contributed by atoms with Crippen molar-refractivity contribution in [2.24, 2.45) is 0 Å². The van der Waals surface area contributed by atoms with Gasteiger partial charge >= 0.3 is 0 Å². The Hall–Kier alpha value is -1.60. The third kappa shape index (κ3) is 3.87. The van der Waals surface area contributed by atoms with Crippen LogP contribution in [0.15, 0.2) is 46.7 Å². The van der Waals surface area contributed by atoms with Crippen LogP contribution in [-0.2, 0) is 9.84 Å². The molecule has 0 aliphatic carbocycles. The highest BCUT2D eigenvalue weighted by atomic mass is 32.2. The number of hydrogen-bond donors (Lipinski definition) is 0. The Morgan fingerprint density at radius 2 is 1.94 bits per heavy atom. The molecule has 4 heteroatoms. The number of unbranched alkanes of at least 4 members (excludes halogenated alkanes) is 2. The zero-order valence-corrected chi connectivity index (χ0v) is 9.65. The van der Waals surface area contributed by atoms with Crippen LogP contribution in [0.1, 0.15) is 19.3 Å². The van der Waals surface area contributed by atoms with Crippen molar-refractivity contribution in [3.63, 3.8) is 0 Å². The van der Waals surface area contributed by atoms with E-state index >= 15 is 0 Å². The minimum Gasteiger partial charge on any atom is -0.219 e. The van der Waals surface area contributed by atoms with Crippen LogP contribution in [0.5, 0.6) is 0 Å². The molecule has 0 amide bonds. The zero-order valence-electron chi connectivity index (χ0n) is 8.83. The zero-order chi connectivity index (χ0) is 11.9. The average molecular weight is 235 g/mol. The first kappa shape index (κ1) is 12.5. The molecule has 0 saturated carbocycles. The molecule has 0 spiro atoms. The monoisotopic (exact) mass is 235 g/mol. The van der Waals surface area contributed by atoms with E-state index in [0.717, 1.165) is 0 Å². The normalized spacial score (nSPS) is 11.4. The summed E-state index contributed by atoms with van der Waals surface area (Å²) in [7, 11) is -3.31. The Bertz CT molecular complexity index is 484. The van der Waals surface area contributed by atoms with Crippen LogP contribution in [0, 0.1) is 11.3 Å². The van der Waals surface area contributed by atoms with Gasteiger partial charge in [0.25, 0.3) is 0 Å². The van der Waals surface area contributed by atoms with Gasteiger partial charge < -0.3 is 0 Å². The van der Waals surface area contributed by atoms with E-state index in [4.69, 9.17) is 5.26 Å². The second-order valence-corrected chi connectivity index (χ2v) is 5.11. The smallest absolute Gasteiger partial charge is 0.199 e. The molecule has 0 bridgehead atoms. The number of benzene rings is 1. The van der Waals surface area contributed by atoms with Gasteiger partial charge in [0.1, 0.15) is 0 Å². The van der Waals surface area contributed by atoms with Crippen molar-refractivity contribution in [3.8, 4) is 6.07 Å². The Morgan fingerprint density at radius 1 is 1.25 bits per heavy atom. The van der Waals surface area contributed by atoms with Crippen molar-refractivity contribution in [3.05, 3.63) is 41.8 Å². The first-order valence-corrected chi connectivity index (χ1v) is 6.55. The van der Waals surface area contributed by atoms with Gasteiger partial charge in [-0.05, 0) is 25.0 Å². The van der Waals surface area contributed by atoms with Gasteiger partial charge in [-0.1, -0.05) is 24.3 Å². The molecule has 1 rings (SSSR count). The van der Waals surface area contributed by atoms with Gasteiger partial charge in [0.2, 0.25) is 0 Å². The molecule has 0 saturated heterocycles. The van der Waals surface area contributed by atoms with Crippen molar-refractivity contribution in [1.82, 2.24) is 0 Å². The van der Waals surface area contributed by atoms with Gasteiger partial charge in [-0.25, -0.2) is 8.42 Å². The van der Waals surface area contributed by atoms with Crippen LogP contribution >= 0.6 is 0 Å². The maximum absolute atomic E-state index is 11.7. The lowest BCUT2D eigenvalue weighted by Crippen LogP contribution is -1.95. The van der Waals surface area contributed by atoms with E-state index in [0.29, 0.717) is 24.2 Å². The van der Waals surface area contributed by atoms with E-state index in [-0.39, 0.29) is 0 Å². The van der Waals surface area contributed by atoms with E-state index in [1.807, 2.05) is 6.07 Å². The van der Waals surface area contributed by atoms with Gasteiger partial charge in [0, 0.05) is 11.8 Å². The highest BCUT2D eigenvalue weighted by Crippen LogP contribution is 2.11. The molecular weight excluding hydrogens is 222 g/mol. The minimum atomic E-state index is -3.31. The summed E-state index contributed by atoms with van der Waals surface area (Å²) in [5.74, 6) is 0. The van der Waals surface area contributed by atoms with Crippen molar-refractivity contribution in [1.29, 1.82) is 5.26 Å². The molecule has 16 heavy (non-hydrogen) atoms. The Morgan fingerprint density at radius 3 is 2.56 bits per heavy atom. The fraction of sp³-hybridized carbons (Fsp3) is 0.250. The third-order valence-corrected chi connectivity index (χ3v) is 3.49. The third-order valence-electron chi connectivity index (χ3n) is 2.01. The number of sulfone groups is 1. The fourth-order valence-corrected chi connectivity index (χ4v) is 2.27. The molecule has 0 aliphatic heterocycles. The van der Waals surface area contributed by atoms with Crippen molar-refractivity contribution in [2.75, 3.05) is 0 Å². The van der Waals surface area contributed by atoms with E-state index in [1.165, 1.54) is 5.41 Å². The SMILES string of the molecule is N#CCCCC=CS(=O)(=O)c1ccccc1. The summed E-state index contributed by atoms with van der Waals surface area (Å²) >= 11 is 0. The van der Waals surface area contributed by atoms with Crippen molar-refractivity contribution < 1.29 is 8.42 Å². The number of rotatable bonds is 5. The van der Waals surface area contributed by atoms with Gasteiger partial charge in [0.05, 0.1) is 11.0 Å². The molecule has 0 aromatic heterocycles. The first-order valence-electron chi connectivity index (χ1n) is 5.00. The summed E-state index contributed by atoms with van der Waals surface area (Å²) in [6.45, 7) is 0. The lowest BCUT2D eigenvalue weighted by atomic mass is 10.2. The average Bonchev–Trinajstić information content (AvgIpc) is 2.30. The van der Waals surface area contributed by atoms with E-state index in [2.05, 4.69) is 0 Å². The Labute approximate surface area is 95.9 Å². The maximum atomic E-state index is 11.7. The lowest BCUT2D eigenvalue weighted by molar-refractivity contribution is 0.604. The number of hydrogen-bond acceptors (Lipinski definition) is 3. The highest BCUT2D eigenvalue weighted by molar-refractivity contribution is 7.94. The van der Waals surface area contributed by atoms with E-state index in [1.54, 1.807) is 36.4 Å². The van der Waals surface area contributed by atoms with E-state index in [9.17, 15) is 8.42 Å². The number of allylic oxidation sites excluding steroid dienone is 1. The molecular formula is C12H13NO2S. The quantitative estimate of drug-likeness (QED) is 0.737. The summed E-state index contributed by atoms with van der Waals surface area (Å²) in [5.41, 5.74) is 0. The van der Waals surface area contributed by atoms with Crippen LogP contribution in [0.4, 0.5) is 0 Å². The van der Waals surface area contributed by atoms with Crippen LogP contribution in [0.2, 0.25) is 0 Å². The molecule has 3 nitrogen and oxygen atoms in total. The molecule has 0 unspecified atom stereocenters. The molecule has 1 aromatic rings. The molecule has 0 fully saturated rings. The summed E-state index contributed by atoms with van der Waals surface area (Å²) in [4.78, 5) is 0.298. The summed E-state index contributed by atoms with van der Waals surface area (Å²) in [6.07, 6.45) is 3.35. The summed E-state index contributed by atoms with van der Waals surface area (Å²) < 4.78 is 23.4. The Kier molecular flexibility index (Phi) is 4.74. The topological polar surface area (TPSA) is 57.9 Å². The molecule has 84 valence electrons. The minimum absolute atomic E-state index is 0.298. The predicted molar refractivity (Wildman–Crippen MR) is 62.2 cm³/mol. The van der Waals surface area contributed by atoms with Gasteiger partial charge in [-0.15, -0.1) is 0 Å². The lowest BCUT2D eigenvalue weighted by Gasteiger charge is -1.97.